The Kier molecular flexibility index (Phi) is 4.10. The number of halogens is 3. The third-order valence-corrected chi connectivity index (χ3v) is 6.25. The second-order valence-corrected chi connectivity index (χ2v) is 7.88. The number of hydrogen-bond acceptors (Lipinski definition) is 6. The van der Waals surface area contributed by atoms with E-state index < -0.39 is 45.8 Å². The van der Waals surface area contributed by atoms with Crippen LogP contribution in [0.4, 0.5) is 18.9 Å². The minimum absolute atomic E-state index is 0.484. The van der Waals surface area contributed by atoms with E-state index in [0.717, 1.165) is 12.1 Å². The molecular formula is C8H6F3NO6S2. The fourth-order valence-corrected chi connectivity index (χ4v) is 4.38. The van der Waals surface area contributed by atoms with E-state index in [2.05, 4.69) is 0 Å². The maximum absolute atomic E-state index is 12.1. The number of sulfone groups is 2. The van der Waals surface area contributed by atoms with E-state index in [1.165, 1.54) is 0 Å². The third kappa shape index (κ3) is 3.45. The van der Waals surface area contributed by atoms with E-state index in [0.29, 0.717) is 12.1 Å². The van der Waals surface area contributed by atoms with Crippen LogP contribution >= 0.6 is 0 Å². The van der Waals surface area contributed by atoms with E-state index >= 15 is 0 Å². The van der Waals surface area contributed by atoms with E-state index in [4.69, 9.17) is 0 Å². The first-order valence-electron chi connectivity index (χ1n) is 4.63. The Morgan fingerprint density at radius 2 is 1.50 bits per heavy atom. The van der Waals surface area contributed by atoms with Crippen molar-refractivity contribution in [2.24, 2.45) is 0 Å². The summed E-state index contributed by atoms with van der Waals surface area (Å²) in [6.45, 7) is 0. The highest BCUT2D eigenvalue weighted by Crippen LogP contribution is 2.27. The molecule has 0 N–H and O–H groups in total. The molecule has 1 aromatic rings. The number of nitro benzene ring substituents is 1. The van der Waals surface area contributed by atoms with Crippen LogP contribution in [0.2, 0.25) is 0 Å². The number of rotatable bonds is 4. The summed E-state index contributed by atoms with van der Waals surface area (Å²) in [6.07, 6.45) is 0. The summed E-state index contributed by atoms with van der Waals surface area (Å²) in [4.78, 5) is 8.74. The second kappa shape index (κ2) is 5.01. The molecule has 0 saturated carbocycles. The van der Waals surface area contributed by atoms with Gasteiger partial charge < -0.3 is 0 Å². The smallest absolute Gasteiger partial charge is 0.258 e. The van der Waals surface area contributed by atoms with Crippen LogP contribution in [-0.4, -0.2) is 32.4 Å². The van der Waals surface area contributed by atoms with Crippen molar-refractivity contribution >= 4 is 25.4 Å². The molecule has 0 saturated heterocycles. The largest absolute Gasteiger partial charge is 0.498 e. The van der Waals surface area contributed by atoms with Gasteiger partial charge in [0.2, 0.25) is 0 Å². The van der Waals surface area contributed by atoms with Gasteiger partial charge in [0.1, 0.15) is 0 Å². The van der Waals surface area contributed by atoms with Crippen LogP contribution in [0.3, 0.4) is 0 Å². The lowest BCUT2D eigenvalue weighted by Gasteiger charge is -2.08. The Balaban J connectivity index is 3.16. The molecular weight excluding hydrogens is 327 g/mol. The van der Waals surface area contributed by atoms with Gasteiger partial charge in [-0.05, 0) is 12.1 Å². The van der Waals surface area contributed by atoms with Crippen LogP contribution < -0.4 is 0 Å². The lowest BCUT2D eigenvalue weighted by molar-refractivity contribution is -0.384. The number of alkyl halides is 3. The Morgan fingerprint density at radius 3 is 1.85 bits per heavy atom. The SMILES string of the molecule is O=[N+]([O-])c1ccc(S(=O)(=O)CS(=O)(=O)C(F)(F)F)cc1. The highest BCUT2D eigenvalue weighted by Gasteiger charge is 2.48. The Morgan fingerprint density at radius 1 is 1.05 bits per heavy atom. The molecule has 0 spiro atoms. The van der Waals surface area contributed by atoms with Gasteiger partial charge in [-0.15, -0.1) is 0 Å². The number of hydrogen-bond donors (Lipinski definition) is 0. The molecule has 0 heterocycles. The average molecular weight is 333 g/mol. The lowest BCUT2D eigenvalue weighted by atomic mass is 10.3. The van der Waals surface area contributed by atoms with Crippen molar-refractivity contribution < 1.29 is 34.9 Å². The van der Waals surface area contributed by atoms with Crippen molar-refractivity contribution in [1.29, 1.82) is 0 Å². The van der Waals surface area contributed by atoms with Crippen molar-refractivity contribution in [2.75, 3.05) is 5.08 Å². The van der Waals surface area contributed by atoms with Gasteiger partial charge in [-0.1, -0.05) is 0 Å². The first-order chi connectivity index (χ1) is 8.87. The van der Waals surface area contributed by atoms with Crippen molar-refractivity contribution in [3.8, 4) is 0 Å². The Bertz CT molecular complexity index is 720. The molecule has 112 valence electrons. The number of benzene rings is 1. The van der Waals surface area contributed by atoms with Gasteiger partial charge in [0.15, 0.2) is 14.9 Å². The summed E-state index contributed by atoms with van der Waals surface area (Å²) in [5.41, 5.74) is -6.18. The van der Waals surface area contributed by atoms with Crippen LogP contribution in [0.5, 0.6) is 0 Å². The summed E-state index contributed by atoms with van der Waals surface area (Å²) in [7, 11) is -10.6. The molecule has 0 unspecified atom stereocenters. The summed E-state index contributed by atoms with van der Waals surface area (Å²) >= 11 is 0. The van der Waals surface area contributed by atoms with Gasteiger partial charge in [0.25, 0.3) is 15.5 Å². The zero-order valence-electron chi connectivity index (χ0n) is 9.36. The highest BCUT2D eigenvalue weighted by atomic mass is 32.3. The summed E-state index contributed by atoms with van der Waals surface area (Å²) in [5.74, 6) is 0. The molecule has 0 amide bonds. The fraction of sp³-hybridized carbons (Fsp3) is 0.250. The molecule has 0 aromatic heterocycles. The first kappa shape index (κ1) is 16.4. The standard InChI is InChI=1S/C8H6F3NO6S2/c9-8(10,11)20(17,18)5-19(15,16)7-3-1-6(2-4-7)12(13)14/h1-4H,5H2. The third-order valence-electron chi connectivity index (χ3n) is 2.07. The highest BCUT2D eigenvalue weighted by molar-refractivity contribution is 8.08. The maximum Gasteiger partial charge on any atom is 0.498 e. The van der Waals surface area contributed by atoms with Crippen LogP contribution in [-0.2, 0) is 19.7 Å². The molecule has 0 atom stereocenters. The monoisotopic (exact) mass is 333 g/mol. The molecule has 0 fully saturated rings. The number of nitrogens with zero attached hydrogens (tertiary/aromatic N) is 1. The lowest BCUT2D eigenvalue weighted by Crippen LogP contribution is -2.30. The van der Waals surface area contributed by atoms with Gasteiger partial charge in [-0.2, -0.15) is 13.2 Å². The van der Waals surface area contributed by atoms with Gasteiger partial charge in [-0.25, -0.2) is 16.8 Å². The number of non-ortho nitro benzene ring substituents is 1. The molecule has 1 aromatic carbocycles. The molecule has 1 rings (SSSR count). The van der Waals surface area contributed by atoms with Crippen molar-refractivity contribution in [2.45, 2.75) is 10.4 Å². The van der Waals surface area contributed by atoms with E-state index in [1.54, 1.807) is 0 Å². The predicted octanol–water partition coefficient (Wildman–Crippen LogP) is 1.26. The molecule has 0 radical (unpaired) electrons. The van der Waals surface area contributed by atoms with Gasteiger partial charge >= 0.3 is 5.51 Å². The zero-order valence-corrected chi connectivity index (χ0v) is 11.0. The number of nitro groups is 1. The van der Waals surface area contributed by atoms with Crippen molar-refractivity contribution in [1.82, 2.24) is 0 Å². The molecule has 20 heavy (non-hydrogen) atoms. The average Bonchev–Trinajstić information content (AvgIpc) is 2.26. The van der Waals surface area contributed by atoms with Gasteiger partial charge in [0, 0.05) is 12.1 Å². The summed E-state index contributed by atoms with van der Waals surface area (Å²) in [6, 6.07) is 2.82. The fourth-order valence-electron chi connectivity index (χ4n) is 1.11. The Hall–Kier alpha value is -1.69. The van der Waals surface area contributed by atoms with Crippen molar-refractivity contribution in [3.63, 3.8) is 0 Å². The van der Waals surface area contributed by atoms with Crippen LogP contribution in [0.1, 0.15) is 0 Å². The molecule has 7 nitrogen and oxygen atoms in total. The topological polar surface area (TPSA) is 111 Å². The zero-order chi connectivity index (χ0) is 15.8. The van der Waals surface area contributed by atoms with Gasteiger partial charge in [0.05, 0.1) is 9.82 Å². The Labute approximate surface area is 111 Å². The van der Waals surface area contributed by atoms with Crippen molar-refractivity contribution in [3.05, 3.63) is 34.4 Å². The summed E-state index contributed by atoms with van der Waals surface area (Å²) in [5, 5.41) is 8.18. The quantitative estimate of drug-likeness (QED) is 0.606. The van der Waals surface area contributed by atoms with Crippen LogP contribution in [0.15, 0.2) is 29.2 Å². The molecule has 12 heteroatoms. The van der Waals surface area contributed by atoms with E-state index in [9.17, 15) is 40.1 Å². The second-order valence-electron chi connectivity index (χ2n) is 3.54. The van der Waals surface area contributed by atoms with E-state index in [1.807, 2.05) is 0 Å². The molecule has 0 bridgehead atoms. The predicted molar refractivity (Wildman–Crippen MR) is 60.1 cm³/mol. The molecule has 0 aliphatic rings. The van der Waals surface area contributed by atoms with E-state index in [-0.39, 0.29) is 0 Å². The first-order valence-corrected chi connectivity index (χ1v) is 7.93. The minimum Gasteiger partial charge on any atom is -0.258 e. The molecule has 0 aliphatic heterocycles. The normalized spacial score (nSPS) is 13.2. The van der Waals surface area contributed by atoms with Gasteiger partial charge in [-0.3, -0.25) is 10.1 Å². The minimum atomic E-state index is -5.85. The van der Waals surface area contributed by atoms with Crippen LogP contribution in [0.25, 0.3) is 0 Å². The summed E-state index contributed by atoms with van der Waals surface area (Å²) < 4.78 is 81.0. The molecule has 0 aliphatic carbocycles. The maximum atomic E-state index is 12.1. The van der Waals surface area contributed by atoms with Crippen LogP contribution in [0, 0.1) is 10.1 Å².